The molecular formula is C21H23N3O5S2. The van der Waals surface area contributed by atoms with Gasteiger partial charge < -0.3 is 4.98 Å². The van der Waals surface area contributed by atoms with Crippen molar-refractivity contribution in [1.29, 1.82) is 0 Å². The lowest BCUT2D eigenvalue weighted by Crippen LogP contribution is -2.30. The van der Waals surface area contributed by atoms with Gasteiger partial charge in [0.15, 0.2) is 0 Å². The summed E-state index contributed by atoms with van der Waals surface area (Å²) in [7, 11) is -7.55. The number of carbonyl (C=O) groups excluding carboxylic acids is 1. The number of amides is 1. The molecule has 2 N–H and O–H groups in total. The zero-order chi connectivity index (χ0) is 22.4. The highest BCUT2D eigenvalue weighted by Crippen LogP contribution is 2.30. The number of hydrogen-bond acceptors (Lipinski definition) is 5. The van der Waals surface area contributed by atoms with E-state index < -0.39 is 31.9 Å². The summed E-state index contributed by atoms with van der Waals surface area (Å²) in [6.07, 6.45) is 2.38. The Morgan fingerprint density at radius 3 is 2.61 bits per heavy atom. The number of nitrogens with one attached hydrogen (secondary N) is 2. The zero-order valence-electron chi connectivity index (χ0n) is 17.1. The average molecular weight is 462 g/mol. The monoisotopic (exact) mass is 461 g/mol. The zero-order valence-corrected chi connectivity index (χ0v) is 18.8. The SMILES string of the molecule is Cc1cc(N2C(=O)[C@@H](C)CS2(=O)=O)ccc1S(=O)(=O)NCCc1c[nH]c2ccccc12. The van der Waals surface area contributed by atoms with Crippen LogP contribution in [0.5, 0.6) is 0 Å². The van der Waals surface area contributed by atoms with Crippen LogP contribution in [-0.2, 0) is 31.3 Å². The molecule has 1 atom stereocenters. The molecule has 1 aliphatic rings. The van der Waals surface area contributed by atoms with Crippen LogP contribution in [-0.4, -0.2) is 40.0 Å². The Morgan fingerprint density at radius 2 is 1.94 bits per heavy atom. The molecule has 4 rings (SSSR count). The normalized spacial score (nSPS) is 18.7. The van der Waals surface area contributed by atoms with Gasteiger partial charge in [0.05, 0.1) is 22.3 Å². The van der Waals surface area contributed by atoms with E-state index in [-0.39, 0.29) is 22.9 Å². The lowest BCUT2D eigenvalue weighted by Gasteiger charge is -2.17. The number of carbonyl (C=O) groups is 1. The van der Waals surface area contributed by atoms with Crippen molar-refractivity contribution in [3.8, 4) is 0 Å². The Kier molecular flexibility index (Phi) is 5.40. The van der Waals surface area contributed by atoms with Gasteiger partial charge in [-0.25, -0.2) is 25.9 Å². The maximum atomic E-state index is 12.8. The van der Waals surface area contributed by atoms with Crippen LogP contribution < -0.4 is 9.03 Å². The van der Waals surface area contributed by atoms with Crippen LogP contribution in [0, 0.1) is 12.8 Å². The number of sulfonamides is 2. The van der Waals surface area contributed by atoms with Crippen molar-refractivity contribution in [2.24, 2.45) is 5.92 Å². The molecule has 164 valence electrons. The summed E-state index contributed by atoms with van der Waals surface area (Å²) < 4.78 is 53.6. The van der Waals surface area contributed by atoms with Crippen LogP contribution in [0.2, 0.25) is 0 Å². The first-order valence-corrected chi connectivity index (χ1v) is 12.9. The first kappa shape index (κ1) is 21.5. The summed E-state index contributed by atoms with van der Waals surface area (Å²) in [6, 6.07) is 11.9. The number of benzene rings is 2. The van der Waals surface area contributed by atoms with Gasteiger partial charge in [-0.15, -0.1) is 0 Å². The molecule has 0 radical (unpaired) electrons. The number of hydrogen-bond donors (Lipinski definition) is 2. The fraction of sp³-hybridized carbons (Fsp3) is 0.286. The molecule has 3 aromatic rings. The molecule has 2 aromatic carbocycles. The average Bonchev–Trinajstić information content (AvgIpc) is 3.19. The molecule has 31 heavy (non-hydrogen) atoms. The third kappa shape index (κ3) is 3.98. The van der Waals surface area contributed by atoms with Gasteiger partial charge in [0.2, 0.25) is 26.0 Å². The van der Waals surface area contributed by atoms with Crippen LogP contribution in [0.3, 0.4) is 0 Å². The van der Waals surface area contributed by atoms with Gasteiger partial charge in [-0.1, -0.05) is 25.1 Å². The van der Waals surface area contributed by atoms with Gasteiger partial charge >= 0.3 is 0 Å². The third-order valence-electron chi connectivity index (χ3n) is 5.40. The molecule has 1 aromatic heterocycles. The number of nitrogens with zero attached hydrogens (tertiary/aromatic N) is 1. The Labute approximate surface area is 181 Å². The van der Waals surface area contributed by atoms with E-state index in [1.54, 1.807) is 13.8 Å². The van der Waals surface area contributed by atoms with Crippen molar-refractivity contribution >= 4 is 42.5 Å². The van der Waals surface area contributed by atoms with Gasteiger partial charge in [0, 0.05) is 23.6 Å². The molecule has 0 bridgehead atoms. The van der Waals surface area contributed by atoms with Crippen LogP contribution in [0.1, 0.15) is 18.1 Å². The quantitative estimate of drug-likeness (QED) is 0.584. The summed E-state index contributed by atoms with van der Waals surface area (Å²) in [4.78, 5) is 15.5. The predicted molar refractivity (Wildman–Crippen MR) is 119 cm³/mol. The maximum Gasteiger partial charge on any atom is 0.244 e. The molecule has 1 fully saturated rings. The van der Waals surface area contributed by atoms with Gasteiger partial charge in [0.25, 0.3) is 0 Å². The number of H-pyrrole nitrogens is 1. The van der Waals surface area contributed by atoms with E-state index in [0.29, 0.717) is 12.0 Å². The number of rotatable bonds is 6. The highest BCUT2D eigenvalue weighted by Gasteiger charge is 2.42. The summed E-state index contributed by atoms with van der Waals surface area (Å²) in [6.45, 7) is 3.35. The first-order chi connectivity index (χ1) is 14.6. The van der Waals surface area contributed by atoms with Crippen molar-refractivity contribution < 1.29 is 21.6 Å². The molecule has 2 heterocycles. The molecule has 0 unspecified atom stereocenters. The Hall–Kier alpha value is -2.69. The fourth-order valence-corrected chi connectivity index (χ4v) is 6.95. The summed E-state index contributed by atoms with van der Waals surface area (Å²) in [5, 5.41) is 1.05. The standard InChI is InChI=1S/C21H23N3O5S2/c1-14-11-17(24-21(25)15(2)13-30(24,26)27)7-8-20(14)31(28,29)23-10-9-16-12-22-19-6-4-3-5-18(16)19/h3-8,11-12,15,22-23H,9-10,13H2,1-2H3/t15-/m0/s1. The smallest absolute Gasteiger partial charge is 0.244 e. The van der Waals surface area contributed by atoms with Crippen LogP contribution in [0.25, 0.3) is 10.9 Å². The van der Waals surface area contributed by atoms with Gasteiger partial charge in [-0.05, 0) is 48.7 Å². The van der Waals surface area contributed by atoms with E-state index in [9.17, 15) is 21.6 Å². The van der Waals surface area contributed by atoms with E-state index in [4.69, 9.17) is 0 Å². The van der Waals surface area contributed by atoms with Crippen LogP contribution in [0.4, 0.5) is 5.69 Å². The Bertz CT molecular complexity index is 1380. The second kappa shape index (κ2) is 7.77. The number of aromatic amines is 1. The van der Waals surface area contributed by atoms with Crippen molar-refractivity contribution in [3.05, 3.63) is 59.8 Å². The Balaban J connectivity index is 1.51. The number of fused-ring (bicyclic) bond motifs is 1. The molecular weight excluding hydrogens is 438 g/mol. The number of anilines is 1. The van der Waals surface area contributed by atoms with Gasteiger partial charge in [0.1, 0.15) is 0 Å². The topological polar surface area (TPSA) is 116 Å². The lowest BCUT2D eigenvalue weighted by molar-refractivity contribution is -0.119. The number of aryl methyl sites for hydroxylation is 1. The van der Waals surface area contributed by atoms with E-state index in [1.807, 2.05) is 30.5 Å². The van der Waals surface area contributed by atoms with Crippen molar-refractivity contribution in [1.82, 2.24) is 9.71 Å². The van der Waals surface area contributed by atoms with Crippen LogP contribution >= 0.6 is 0 Å². The third-order valence-corrected chi connectivity index (χ3v) is 8.89. The van der Waals surface area contributed by atoms with E-state index >= 15 is 0 Å². The highest BCUT2D eigenvalue weighted by atomic mass is 32.2. The van der Waals surface area contributed by atoms with E-state index in [2.05, 4.69) is 9.71 Å². The minimum absolute atomic E-state index is 0.0484. The highest BCUT2D eigenvalue weighted by molar-refractivity contribution is 7.94. The number of para-hydroxylation sites is 1. The molecule has 8 nitrogen and oxygen atoms in total. The predicted octanol–water partition coefficient (Wildman–Crippen LogP) is 2.31. The second-order valence-electron chi connectivity index (χ2n) is 7.74. The fourth-order valence-electron chi connectivity index (χ4n) is 3.88. The number of aromatic nitrogens is 1. The van der Waals surface area contributed by atoms with Crippen LogP contribution in [0.15, 0.2) is 53.6 Å². The largest absolute Gasteiger partial charge is 0.361 e. The van der Waals surface area contributed by atoms with Gasteiger partial charge in [-0.2, -0.15) is 0 Å². The van der Waals surface area contributed by atoms with Gasteiger partial charge in [-0.3, -0.25) is 4.79 Å². The van der Waals surface area contributed by atoms with Crippen molar-refractivity contribution in [3.63, 3.8) is 0 Å². The van der Waals surface area contributed by atoms with Crippen molar-refractivity contribution in [2.45, 2.75) is 25.2 Å². The van der Waals surface area contributed by atoms with E-state index in [0.717, 1.165) is 20.8 Å². The molecule has 1 aliphatic heterocycles. The maximum absolute atomic E-state index is 12.8. The van der Waals surface area contributed by atoms with Crippen molar-refractivity contribution in [2.75, 3.05) is 16.6 Å². The molecule has 1 amide bonds. The van der Waals surface area contributed by atoms with E-state index in [1.165, 1.54) is 18.2 Å². The molecule has 0 aliphatic carbocycles. The molecule has 0 saturated carbocycles. The lowest BCUT2D eigenvalue weighted by atomic mass is 10.1. The minimum atomic E-state index is -3.80. The molecule has 0 spiro atoms. The molecule has 1 saturated heterocycles. The molecule has 10 heteroatoms. The minimum Gasteiger partial charge on any atom is -0.361 e. The summed E-state index contributed by atoms with van der Waals surface area (Å²) in [5.74, 6) is -1.38. The Morgan fingerprint density at radius 1 is 1.19 bits per heavy atom. The first-order valence-electron chi connectivity index (χ1n) is 9.82. The second-order valence-corrected chi connectivity index (χ2v) is 11.3. The summed E-state index contributed by atoms with van der Waals surface area (Å²) >= 11 is 0. The summed E-state index contributed by atoms with van der Waals surface area (Å²) in [5.41, 5.74) is 2.52.